The molecule has 0 aromatic carbocycles. The van der Waals surface area contributed by atoms with Gasteiger partial charge in [-0.3, -0.25) is 9.67 Å². The molecular formula is C22H25N7. The average molecular weight is 387 g/mol. The third kappa shape index (κ3) is 3.94. The fourth-order valence-corrected chi connectivity index (χ4v) is 3.66. The van der Waals surface area contributed by atoms with Crippen molar-refractivity contribution in [2.24, 2.45) is 7.05 Å². The first-order valence-electron chi connectivity index (χ1n) is 9.94. The van der Waals surface area contributed by atoms with Crippen LogP contribution in [0.4, 0.5) is 11.6 Å². The van der Waals surface area contributed by atoms with Crippen LogP contribution in [0.2, 0.25) is 0 Å². The number of pyridine rings is 2. The predicted molar refractivity (Wildman–Crippen MR) is 115 cm³/mol. The first kappa shape index (κ1) is 19.0. The molecule has 4 aromatic heterocycles. The Labute approximate surface area is 170 Å². The van der Waals surface area contributed by atoms with Crippen molar-refractivity contribution in [3.05, 3.63) is 54.1 Å². The van der Waals surface area contributed by atoms with Crippen molar-refractivity contribution in [2.75, 3.05) is 5.32 Å². The van der Waals surface area contributed by atoms with E-state index in [-0.39, 0.29) is 0 Å². The van der Waals surface area contributed by atoms with E-state index in [1.165, 1.54) is 5.56 Å². The van der Waals surface area contributed by atoms with Gasteiger partial charge < -0.3 is 5.32 Å². The van der Waals surface area contributed by atoms with E-state index >= 15 is 0 Å². The highest BCUT2D eigenvalue weighted by Gasteiger charge is 2.11. The van der Waals surface area contributed by atoms with Gasteiger partial charge in [0.25, 0.3) is 0 Å². The molecule has 4 aromatic rings. The number of nitrogens with zero attached hydrogens (tertiary/aromatic N) is 6. The van der Waals surface area contributed by atoms with E-state index < -0.39 is 0 Å². The molecule has 7 heteroatoms. The lowest BCUT2D eigenvalue weighted by molar-refractivity contribution is 0.637. The van der Waals surface area contributed by atoms with Crippen molar-refractivity contribution < 1.29 is 0 Å². The Hall–Kier alpha value is -3.35. The summed E-state index contributed by atoms with van der Waals surface area (Å²) < 4.78 is 1.81. The second-order valence-electron chi connectivity index (χ2n) is 7.27. The molecular weight excluding hydrogens is 362 g/mol. The third-order valence-corrected chi connectivity index (χ3v) is 5.25. The SMILES string of the molecule is CCC(CC)c1cnnc(Nc2ccc3ncc(-c4cn(C)nc4C)cc3n2)c1. The maximum Gasteiger partial charge on any atom is 0.154 e. The summed E-state index contributed by atoms with van der Waals surface area (Å²) >= 11 is 0. The van der Waals surface area contributed by atoms with Gasteiger partial charge in [0.1, 0.15) is 5.82 Å². The third-order valence-electron chi connectivity index (χ3n) is 5.25. The molecule has 7 nitrogen and oxygen atoms in total. The quantitative estimate of drug-likeness (QED) is 0.513. The van der Waals surface area contributed by atoms with Gasteiger partial charge in [-0.2, -0.15) is 10.2 Å². The summed E-state index contributed by atoms with van der Waals surface area (Å²) in [6.45, 7) is 6.39. The van der Waals surface area contributed by atoms with Gasteiger partial charge in [-0.1, -0.05) is 13.8 Å². The highest BCUT2D eigenvalue weighted by molar-refractivity contribution is 5.82. The minimum absolute atomic E-state index is 0.491. The van der Waals surface area contributed by atoms with Gasteiger partial charge in [0.05, 0.1) is 22.9 Å². The molecule has 0 saturated heterocycles. The van der Waals surface area contributed by atoms with E-state index in [1.807, 2.05) is 55.4 Å². The molecule has 0 radical (unpaired) electrons. The van der Waals surface area contributed by atoms with Crippen LogP contribution in [0.1, 0.15) is 43.9 Å². The van der Waals surface area contributed by atoms with Crippen LogP contribution < -0.4 is 5.32 Å². The maximum absolute atomic E-state index is 4.74. The lowest BCUT2D eigenvalue weighted by Crippen LogP contribution is -2.02. The van der Waals surface area contributed by atoms with Crippen molar-refractivity contribution in [1.29, 1.82) is 0 Å². The molecule has 4 rings (SSSR count). The molecule has 0 atom stereocenters. The van der Waals surface area contributed by atoms with Gasteiger partial charge in [0.15, 0.2) is 5.82 Å². The normalized spacial score (nSPS) is 11.3. The molecule has 29 heavy (non-hydrogen) atoms. The van der Waals surface area contributed by atoms with Gasteiger partial charge in [0.2, 0.25) is 0 Å². The second kappa shape index (κ2) is 7.95. The van der Waals surface area contributed by atoms with Crippen molar-refractivity contribution in [1.82, 2.24) is 29.9 Å². The molecule has 148 valence electrons. The van der Waals surface area contributed by atoms with Crippen molar-refractivity contribution in [3.63, 3.8) is 0 Å². The van der Waals surface area contributed by atoms with Crippen molar-refractivity contribution in [3.8, 4) is 11.1 Å². The molecule has 0 spiro atoms. The van der Waals surface area contributed by atoms with Crippen molar-refractivity contribution >= 4 is 22.7 Å². The van der Waals surface area contributed by atoms with E-state index in [9.17, 15) is 0 Å². The Morgan fingerprint density at radius 2 is 1.86 bits per heavy atom. The highest BCUT2D eigenvalue weighted by atomic mass is 15.2. The van der Waals surface area contributed by atoms with E-state index in [2.05, 4.69) is 45.5 Å². The second-order valence-corrected chi connectivity index (χ2v) is 7.27. The fraction of sp³-hybridized carbons (Fsp3) is 0.318. The van der Waals surface area contributed by atoms with E-state index in [0.29, 0.717) is 11.7 Å². The smallest absolute Gasteiger partial charge is 0.154 e. The molecule has 0 saturated carbocycles. The zero-order chi connectivity index (χ0) is 20.4. The Kier molecular flexibility index (Phi) is 5.20. The van der Waals surface area contributed by atoms with Crippen LogP contribution >= 0.6 is 0 Å². The fourth-order valence-electron chi connectivity index (χ4n) is 3.66. The number of hydrogen-bond donors (Lipinski definition) is 1. The maximum atomic E-state index is 4.74. The Bertz CT molecular complexity index is 1150. The van der Waals surface area contributed by atoms with Gasteiger partial charge in [-0.15, -0.1) is 5.10 Å². The minimum Gasteiger partial charge on any atom is -0.323 e. The topological polar surface area (TPSA) is 81.4 Å². The van der Waals surface area contributed by atoms with E-state index in [0.717, 1.165) is 46.5 Å². The molecule has 0 fully saturated rings. The molecule has 1 N–H and O–H groups in total. The molecule has 0 unspecified atom stereocenters. The summed E-state index contributed by atoms with van der Waals surface area (Å²) in [5, 5.41) is 16.1. The largest absolute Gasteiger partial charge is 0.323 e. The van der Waals surface area contributed by atoms with Gasteiger partial charge in [0, 0.05) is 30.6 Å². The Morgan fingerprint density at radius 3 is 2.59 bits per heavy atom. The average Bonchev–Trinajstić information content (AvgIpc) is 3.07. The van der Waals surface area contributed by atoms with Crippen LogP contribution in [0, 0.1) is 6.92 Å². The van der Waals surface area contributed by atoms with Crippen LogP contribution in [0.15, 0.2) is 42.9 Å². The number of hydrogen-bond acceptors (Lipinski definition) is 6. The van der Waals surface area contributed by atoms with Crippen LogP contribution in [0.25, 0.3) is 22.2 Å². The number of aryl methyl sites for hydroxylation is 2. The number of rotatable bonds is 6. The summed E-state index contributed by atoms with van der Waals surface area (Å²) in [6.07, 6.45) is 7.88. The first-order chi connectivity index (χ1) is 14.1. The lowest BCUT2D eigenvalue weighted by Gasteiger charge is -2.13. The van der Waals surface area contributed by atoms with Crippen molar-refractivity contribution in [2.45, 2.75) is 39.5 Å². The van der Waals surface area contributed by atoms with Gasteiger partial charge in [-0.05, 0) is 55.5 Å². The van der Waals surface area contributed by atoms with Crippen LogP contribution in [-0.4, -0.2) is 29.9 Å². The minimum atomic E-state index is 0.491. The number of anilines is 2. The van der Waals surface area contributed by atoms with E-state index in [1.54, 1.807) is 0 Å². The number of aromatic nitrogens is 6. The summed E-state index contributed by atoms with van der Waals surface area (Å²) in [5.74, 6) is 1.91. The van der Waals surface area contributed by atoms with Gasteiger partial charge in [-0.25, -0.2) is 4.98 Å². The molecule has 4 heterocycles. The first-order valence-corrected chi connectivity index (χ1v) is 9.94. The molecule has 0 aliphatic heterocycles. The molecule has 0 bridgehead atoms. The predicted octanol–water partition coefficient (Wildman–Crippen LogP) is 4.78. The Morgan fingerprint density at radius 1 is 1.03 bits per heavy atom. The van der Waals surface area contributed by atoms with Crippen LogP contribution in [-0.2, 0) is 7.05 Å². The summed E-state index contributed by atoms with van der Waals surface area (Å²) in [4.78, 5) is 9.30. The zero-order valence-electron chi connectivity index (χ0n) is 17.2. The standard InChI is InChI=1S/C22H25N7/c1-5-15(6-2)16-10-22(27-24-12-16)26-21-8-7-19-20(25-21)9-17(11-23-19)18-13-29(4)28-14(18)3/h7-13,15H,5-6H2,1-4H3,(H,25,26,27). The van der Waals surface area contributed by atoms with Gasteiger partial charge >= 0.3 is 0 Å². The lowest BCUT2D eigenvalue weighted by atomic mass is 9.96. The molecule has 0 aliphatic rings. The Balaban J connectivity index is 1.65. The summed E-state index contributed by atoms with van der Waals surface area (Å²) in [7, 11) is 1.92. The monoisotopic (exact) mass is 387 g/mol. The van der Waals surface area contributed by atoms with Crippen LogP contribution in [0.3, 0.4) is 0 Å². The molecule has 0 aliphatic carbocycles. The highest BCUT2D eigenvalue weighted by Crippen LogP contribution is 2.27. The zero-order valence-corrected chi connectivity index (χ0v) is 17.2. The van der Waals surface area contributed by atoms with Crippen LogP contribution in [0.5, 0.6) is 0 Å². The number of fused-ring (bicyclic) bond motifs is 1. The molecule has 0 amide bonds. The summed E-state index contributed by atoms with van der Waals surface area (Å²) in [5.41, 5.74) is 5.90. The number of nitrogens with one attached hydrogen (secondary N) is 1. The van der Waals surface area contributed by atoms with E-state index in [4.69, 9.17) is 4.98 Å². The summed E-state index contributed by atoms with van der Waals surface area (Å²) in [6, 6.07) is 7.98.